The van der Waals surface area contributed by atoms with Crippen LogP contribution < -0.4 is 5.56 Å². The molecule has 1 amide bonds. The molecule has 5 nitrogen and oxygen atoms in total. The molecule has 0 N–H and O–H groups in total. The fourth-order valence-electron chi connectivity index (χ4n) is 4.92. The molecule has 192 valence electrons. The quantitative estimate of drug-likeness (QED) is 0.256. The molecule has 0 aliphatic carbocycles. The molecule has 37 heavy (non-hydrogen) atoms. The number of amides is 1. The number of nitrogens with zero attached hydrogens (tertiary/aromatic N) is 3. The highest BCUT2D eigenvalue weighted by Crippen LogP contribution is 2.29. The average molecular weight is 496 g/mol. The highest BCUT2D eigenvalue weighted by molar-refractivity contribution is 5.84. The lowest BCUT2D eigenvalue weighted by atomic mass is 9.94. The van der Waals surface area contributed by atoms with E-state index in [4.69, 9.17) is 4.98 Å². The van der Waals surface area contributed by atoms with Crippen molar-refractivity contribution in [3.05, 3.63) is 106 Å². The van der Waals surface area contributed by atoms with Gasteiger partial charge < -0.3 is 4.90 Å². The number of benzene rings is 3. The van der Waals surface area contributed by atoms with Crippen LogP contribution in [0.4, 0.5) is 0 Å². The van der Waals surface area contributed by atoms with Crippen LogP contribution in [0.5, 0.6) is 0 Å². The maximum atomic E-state index is 14.2. The van der Waals surface area contributed by atoms with Gasteiger partial charge in [-0.15, -0.1) is 0 Å². The lowest BCUT2D eigenvalue weighted by molar-refractivity contribution is -0.135. The molecule has 2 atom stereocenters. The summed E-state index contributed by atoms with van der Waals surface area (Å²) in [5.41, 5.74) is 3.35. The van der Waals surface area contributed by atoms with Gasteiger partial charge in [-0.1, -0.05) is 75.4 Å². The summed E-state index contributed by atoms with van der Waals surface area (Å²) in [6.07, 6.45) is 1.56. The summed E-state index contributed by atoms with van der Waals surface area (Å²) in [4.78, 5) is 35.0. The molecule has 0 saturated heterocycles. The Balaban J connectivity index is 1.88. The molecule has 4 rings (SSSR count). The Morgan fingerprint density at radius 2 is 1.65 bits per heavy atom. The molecule has 0 aliphatic heterocycles. The van der Waals surface area contributed by atoms with Crippen LogP contribution in [0.25, 0.3) is 16.6 Å². The predicted octanol–water partition coefficient (Wildman–Crippen LogP) is 6.82. The van der Waals surface area contributed by atoms with E-state index < -0.39 is 6.04 Å². The number of rotatable bonds is 9. The second kappa shape index (κ2) is 11.5. The van der Waals surface area contributed by atoms with Gasteiger partial charge >= 0.3 is 0 Å². The molecule has 5 heteroatoms. The van der Waals surface area contributed by atoms with Crippen LogP contribution in [-0.4, -0.2) is 26.9 Å². The lowest BCUT2D eigenvalue weighted by Crippen LogP contribution is -2.40. The van der Waals surface area contributed by atoms with Crippen molar-refractivity contribution in [3.8, 4) is 5.69 Å². The molecule has 0 radical (unpaired) electrons. The maximum Gasteiger partial charge on any atom is 0.266 e. The van der Waals surface area contributed by atoms with Gasteiger partial charge in [-0.3, -0.25) is 14.2 Å². The van der Waals surface area contributed by atoms with Crippen LogP contribution in [0.3, 0.4) is 0 Å². The van der Waals surface area contributed by atoms with E-state index in [1.165, 1.54) is 0 Å². The molecule has 0 spiro atoms. The molecule has 0 bridgehead atoms. The molecule has 4 aromatic rings. The van der Waals surface area contributed by atoms with E-state index in [1.54, 1.807) is 4.57 Å². The minimum absolute atomic E-state index is 0.0695. The summed E-state index contributed by atoms with van der Waals surface area (Å²) in [7, 11) is 0. The zero-order chi connectivity index (χ0) is 26.5. The first-order chi connectivity index (χ1) is 17.8. The smallest absolute Gasteiger partial charge is 0.266 e. The van der Waals surface area contributed by atoms with Crippen LogP contribution in [-0.2, 0) is 4.79 Å². The summed E-state index contributed by atoms with van der Waals surface area (Å²) in [5.74, 6) is 0.826. The van der Waals surface area contributed by atoms with E-state index in [0.29, 0.717) is 35.6 Å². The molecule has 0 saturated carbocycles. The number of aryl methyl sites for hydroxylation is 1. The van der Waals surface area contributed by atoms with E-state index in [2.05, 4.69) is 20.8 Å². The number of aromatic nitrogens is 2. The van der Waals surface area contributed by atoms with Crippen molar-refractivity contribution in [2.75, 3.05) is 6.54 Å². The zero-order valence-corrected chi connectivity index (χ0v) is 22.5. The first kappa shape index (κ1) is 26.3. The molecule has 1 heterocycles. The van der Waals surface area contributed by atoms with Crippen LogP contribution in [0.15, 0.2) is 83.7 Å². The number of hydrogen-bond acceptors (Lipinski definition) is 3. The predicted molar refractivity (Wildman–Crippen MR) is 151 cm³/mol. The Hall–Kier alpha value is -3.73. The Kier molecular flexibility index (Phi) is 8.22. The van der Waals surface area contributed by atoms with E-state index in [0.717, 1.165) is 23.2 Å². The van der Waals surface area contributed by atoms with Crippen LogP contribution in [0.2, 0.25) is 0 Å². The Morgan fingerprint density at radius 1 is 0.946 bits per heavy atom. The van der Waals surface area contributed by atoms with E-state index >= 15 is 0 Å². The van der Waals surface area contributed by atoms with Crippen molar-refractivity contribution in [2.24, 2.45) is 5.92 Å². The monoisotopic (exact) mass is 495 g/mol. The highest BCUT2D eigenvalue weighted by Gasteiger charge is 2.31. The zero-order valence-electron chi connectivity index (χ0n) is 22.5. The van der Waals surface area contributed by atoms with Gasteiger partial charge in [-0.2, -0.15) is 0 Å². The third-order valence-electron chi connectivity index (χ3n) is 7.04. The second-order valence-electron chi connectivity index (χ2n) is 10.2. The fraction of sp³-hybridized carbons (Fsp3) is 0.344. The molecule has 2 unspecified atom stereocenters. The van der Waals surface area contributed by atoms with E-state index in [9.17, 15) is 9.59 Å². The van der Waals surface area contributed by atoms with Crippen molar-refractivity contribution in [3.63, 3.8) is 0 Å². The average Bonchev–Trinajstić information content (AvgIpc) is 2.89. The van der Waals surface area contributed by atoms with E-state index in [-0.39, 0.29) is 17.4 Å². The number of fused-ring (bicyclic) bond motifs is 1. The minimum Gasteiger partial charge on any atom is -0.332 e. The van der Waals surface area contributed by atoms with Gasteiger partial charge in [0.2, 0.25) is 5.91 Å². The van der Waals surface area contributed by atoms with Gasteiger partial charge in [0.05, 0.1) is 28.6 Å². The van der Waals surface area contributed by atoms with Crippen molar-refractivity contribution in [2.45, 2.75) is 59.4 Å². The summed E-state index contributed by atoms with van der Waals surface area (Å²) < 4.78 is 1.69. The number of carbonyl (C=O) groups is 1. The third kappa shape index (κ3) is 5.66. The normalized spacial score (nSPS) is 13.0. The first-order valence-corrected chi connectivity index (χ1v) is 13.3. The minimum atomic E-state index is -0.401. The SMILES string of the molecule is CCC(C(=O)N(CCC(C)C)C(C)c1nc2ccccc2c(=O)n1-c1cccc(C)c1)c1ccccc1. The molecule has 0 aliphatic rings. The van der Waals surface area contributed by atoms with Gasteiger partial charge in [0, 0.05) is 6.54 Å². The summed E-state index contributed by atoms with van der Waals surface area (Å²) in [6.45, 7) is 11.0. The largest absolute Gasteiger partial charge is 0.332 e. The number of carbonyl (C=O) groups excluding carboxylic acids is 1. The van der Waals surface area contributed by atoms with Crippen LogP contribution in [0.1, 0.15) is 69.4 Å². The standard InChI is InChI=1S/C32H37N3O2/c1-6-27(25-14-8-7-9-15-25)31(36)34(20-19-22(2)3)24(5)30-33-29-18-11-10-17-28(29)32(37)35(30)26-16-12-13-23(4)21-26/h7-18,21-22,24,27H,6,19-20H2,1-5H3. The van der Waals surface area contributed by atoms with Crippen molar-refractivity contribution >= 4 is 16.8 Å². The van der Waals surface area contributed by atoms with Gasteiger partial charge in [-0.05, 0) is 68.0 Å². The molecular formula is C32H37N3O2. The Bertz CT molecular complexity index is 1430. The van der Waals surface area contributed by atoms with Crippen LogP contribution in [0, 0.1) is 12.8 Å². The summed E-state index contributed by atoms with van der Waals surface area (Å²) >= 11 is 0. The first-order valence-electron chi connectivity index (χ1n) is 13.3. The van der Waals surface area contributed by atoms with Gasteiger partial charge in [0.25, 0.3) is 5.56 Å². The second-order valence-corrected chi connectivity index (χ2v) is 10.2. The summed E-state index contributed by atoms with van der Waals surface area (Å²) in [5, 5.41) is 0.565. The molecule has 1 aromatic heterocycles. The van der Waals surface area contributed by atoms with Crippen molar-refractivity contribution in [1.82, 2.24) is 14.5 Å². The number of hydrogen-bond donors (Lipinski definition) is 0. The third-order valence-corrected chi connectivity index (χ3v) is 7.04. The van der Waals surface area contributed by atoms with Crippen molar-refractivity contribution in [1.29, 1.82) is 0 Å². The fourth-order valence-corrected chi connectivity index (χ4v) is 4.92. The number of para-hydroxylation sites is 1. The van der Waals surface area contributed by atoms with Crippen molar-refractivity contribution < 1.29 is 4.79 Å². The maximum absolute atomic E-state index is 14.2. The van der Waals surface area contributed by atoms with E-state index in [1.807, 2.05) is 97.6 Å². The van der Waals surface area contributed by atoms with Gasteiger partial charge in [0.15, 0.2) is 0 Å². The lowest BCUT2D eigenvalue weighted by Gasteiger charge is -2.34. The topological polar surface area (TPSA) is 55.2 Å². The Morgan fingerprint density at radius 3 is 2.32 bits per heavy atom. The van der Waals surface area contributed by atoms with Gasteiger partial charge in [-0.25, -0.2) is 4.98 Å². The molecule has 3 aromatic carbocycles. The van der Waals surface area contributed by atoms with Gasteiger partial charge in [0.1, 0.15) is 5.82 Å². The van der Waals surface area contributed by atoms with Crippen LogP contribution >= 0.6 is 0 Å². The highest BCUT2D eigenvalue weighted by atomic mass is 16.2. The Labute approximate surface area is 219 Å². The molecular weight excluding hydrogens is 458 g/mol. The summed E-state index contributed by atoms with van der Waals surface area (Å²) in [6, 6.07) is 24.9. The molecule has 0 fully saturated rings.